The number of hydrogen-bond donors (Lipinski definition) is 1. The van der Waals surface area contributed by atoms with Crippen molar-refractivity contribution < 1.29 is 13.6 Å². The van der Waals surface area contributed by atoms with Gasteiger partial charge < -0.3 is 5.32 Å². The highest BCUT2D eigenvalue weighted by atomic mass is 79.9. The van der Waals surface area contributed by atoms with E-state index in [1.165, 1.54) is 18.6 Å². The summed E-state index contributed by atoms with van der Waals surface area (Å²) in [4.78, 5) is 12.2. The van der Waals surface area contributed by atoms with E-state index >= 15 is 0 Å². The number of carbonyl (C=O) groups is 1. The van der Waals surface area contributed by atoms with Crippen LogP contribution >= 0.6 is 15.9 Å². The number of carbonyl (C=O) groups excluding carboxylic acids is 1. The van der Waals surface area contributed by atoms with Crippen molar-refractivity contribution in [3.05, 3.63) is 35.4 Å². The van der Waals surface area contributed by atoms with Gasteiger partial charge in [0.05, 0.1) is 6.42 Å². The van der Waals surface area contributed by atoms with Crippen LogP contribution in [0.1, 0.15) is 37.7 Å². The van der Waals surface area contributed by atoms with Crippen LogP contribution < -0.4 is 5.32 Å². The smallest absolute Gasteiger partial charge is 0.224 e. The first-order valence-corrected chi connectivity index (χ1v) is 7.86. The van der Waals surface area contributed by atoms with Gasteiger partial charge in [-0.05, 0) is 18.9 Å². The summed E-state index contributed by atoms with van der Waals surface area (Å²) in [6, 6.07) is 3.98. The lowest BCUT2D eigenvalue weighted by molar-refractivity contribution is -0.121. The van der Waals surface area contributed by atoms with Crippen molar-refractivity contribution in [2.24, 2.45) is 0 Å². The average Bonchev–Trinajstić information content (AvgIpc) is 2.61. The quantitative estimate of drug-likeness (QED) is 0.656. The Morgan fingerprint density at radius 3 is 2.80 bits per heavy atom. The summed E-state index contributed by atoms with van der Waals surface area (Å²) >= 11 is 3.60. The molecule has 1 aromatic rings. The summed E-state index contributed by atoms with van der Waals surface area (Å²) in [7, 11) is 0. The number of nitrogens with one attached hydrogen (secondary N) is 1. The van der Waals surface area contributed by atoms with Crippen molar-refractivity contribution in [1.82, 2.24) is 5.32 Å². The number of halogens is 3. The van der Waals surface area contributed by atoms with E-state index in [1.54, 1.807) is 0 Å². The van der Waals surface area contributed by atoms with Gasteiger partial charge in [0, 0.05) is 16.4 Å². The molecule has 1 amide bonds. The average molecular weight is 346 g/mol. The Labute approximate surface area is 126 Å². The number of rotatable bonds is 3. The lowest BCUT2D eigenvalue weighted by atomic mass is 10.1. The second-order valence-electron chi connectivity index (χ2n) is 5.22. The first-order valence-electron chi connectivity index (χ1n) is 6.94. The van der Waals surface area contributed by atoms with Crippen molar-refractivity contribution in [2.45, 2.75) is 49.4 Å². The van der Waals surface area contributed by atoms with E-state index in [0.29, 0.717) is 0 Å². The molecule has 0 aromatic heterocycles. The van der Waals surface area contributed by atoms with Crippen molar-refractivity contribution in [3.63, 3.8) is 0 Å². The van der Waals surface area contributed by atoms with Gasteiger partial charge in [-0.3, -0.25) is 4.79 Å². The molecule has 0 bridgehead atoms. The maximum Gasteiger partial charge on any atom is 0.224 e. The van der Waals surface area contributed by atoms with E-state index in [2.05, 4.69) is 21.2 Å². The predicted octanol–water partition coefficient (Wildman–Crippen LogP) is 3.72. The van der Waals surface area contributed by atoms with Gasteiger partial charge in [0.2, 0.25) is 5.91 Å². The van der Waals surface area contributed by atoms with Gasteiger partial charge in [0.25, 0.3) is 0 Å². The van der Waals surface area contributed by atoms with Gasteiger partial charge in [0.1, 0.15) is 0 Å². The molecule has 0 saturated heterocycles. The van der Waals surface area contributed by atoms with Gasteiger partial charge in [0.15, 0.2) is 11.6 Å². The summed E-state index contributed by atoms with van der Waals surface area (Å²) in [5, 5.41) is 2.93. The highest BCUT2D eigenvalue weighted by Gasteiger charge is 2.23. The molecule has 20 heavy (non-hydrogen) atoms. The van der Waals surface area contributed by atoms with Crippen LogP contribution in [0.4, 0.5) is 8.78 Å². The molecule has 0 heterocycles. The minimum Gasteiger partial charge on any atom is -0.352 e. The molecule has 1 aliphatic carbocycles. The van der Waals surface area contributed by atoms with Crippen LogP contribution in [-0.4, -0.2) is 16.8 Å². The molecule has 2 unspecified atom stereocenters. The SMILES string of the molecule is O=C(Cc1cccc(F)c1F)NC1CCCCCC1Br. The second-order valence-corrected chi connectivity index (χ2v) is 6.39. The molecule has 0 aliphatic heterocycles. The lowest BCUT2D eigenvalue weighted by Crippen LogP contribution is -2.41. The Bertz CT molecular complexity index is 481. The van der Waals surface area contributed by atoms with E-state index in [1.807, 2.05) is 0 Å². The number of amides is 1. The number of hydrogen-bond acceptors (Lipinski definition) is 1. The molecular formula is C15H18BrF2NO. The summed E-state index contributed by atoms with van der Waals surface area (Å²) in [5.74, 6) is -2.10. The van der Waals surface area contributed by atoms with E-state index < -0.39 is 11.6 Å². The van der Waals surface area contributed by atoms with Crippen LogP contribution in [0, 0.1) is 11.6 Å². The summed E-state index contributed by atoms with van der Waals surface area (Å²) in [6.45, 7) is 0. The zero-order valence-corrected chi connectivity index (χ0v) is 12.8. The Morgan fingerprint density at radius 2 is 2.00 bits per heavy atom. The minimum absolute atomic E-state index is 0.0709. The molecule has 0 spiro atoms. The molecule has 2 rings (SSSR count). The predicted molar refractivity (Wildman–Crippen MR) is 77.8 cm³/mol. The number of alkyl halides is 1. The second kappa shape index (κ2) is 7.16. The summed E-state index contributed by atoms with van der Waals surface area (Å²) in [6.07, 6.45) is 5.24. The third-order valence-corrected chi connectivity index (χ3v) is 4.76. The fraction of sp³-hybridized carbons (Fsp3) is 0.533. The zero-order valence-electron chi connectivity index (χ0n) is 11.2. The molecule has 1 saturated carbocycles. The molecule has 2 atom stereocenters. The fourth-order valence-corrected chi connectivity index (χ4v) is 3.26. The Balaban J connectivity index is 1.96. The molecule has 110 valence electrons. The molecule has 1 aromatic carbocycles. The van der Waals surface area contributed by atoms with Crippen LogP contribution in [-0.2, 0) is 11.2 Å². The van der Waals surface area contributed by atoms with Crippen LogP contribution in [0.5, 0.6) is 0 Å². The number of benzene rings is 1. The topological polar surface area (TPSA) is 29.1 Å². The minimum atomic E-state index is -0.932. The van der Waals surface area contributed by atoms with Crippen molar-refractivity contribution in [2.75, 3.05) is 0 Å². The van der Waals surface area contributed by atoms with Crippen LogP contribution in [0.2, 0.25) is 0 Å². The zero-order chi connectivity index (χ0) is 14.5. The third-order valence-electron chi connectivity index (χ3n) is 3.66. The molecular weight excluding hydrogens is 328 g/mol. The van der Waals surface area contributed by atoms with Crippen molar-refractivity contribution >= 4 is 21.8 Å². The Kier molecular flexibility index (Phi) is 5.52. The van der Waals surface area contributed by atoms with E-state index in [0.717, 1.165) is 31.7 Å². The highest BCUT2D eigenvalue weighted by molar-refractivity contribution is 9.09. The van der Waals surface area contributed by atoms with E-state index in [9.17, 15) is 13.6 Å². The highest BCUT2D eigenvalue weighted by Crippen LogP contribution is 2.24. The lowest BCUT2D eigenvalue weighted by Gasteiger charge is -2.21. The van der Waals surface area contributed by atoms with Gasteiger partial charge in [-0.1, -0.05) is 47.3 Å². The van der Waals surface area contributed by atoms with Crippen molar-refractivity contribution in [3.8, 4) is 0 Å². The normalized spacial score (nSPS) is 23.1. The standard InChI is InChI=1S/C15H18BrF2NO/c16-11-6-2-1-3-8-13(11)19-14(20)9-10-5-4-7-12(17)15(10)18/h4-5,7,11,13H,1-3,6,8-9H2,(H,19,20). The van der Waals surface area contributed by atoms with Gasteiger partial charge in [-0.25, -0.2) is 8.78 Å². The fourth-order valence-electron chi connectivity index (χ4n) is 2.54. The van der Waals surface area contributed by atoms with E-state index in [-0.39, 0.29) is 28.8 Å². The van der Waals surface area contributed by atoms with Gasteiger partial charge in [-0.2, -0.15) is 0 Å². The van der Waals surface area contributed by atoms with Crippen molar-refractivity contribution in [1.29, 1.82) is 0 Å². The maximum absolute atomic E-state index is 13.5. The Hall–Kier alpha value is -0.970. The van der Waals surface area contributed by atoms with Gasteiger partial charge >= 0.3 is 0 Å². The monoisotopic (exact) mass is 345 g/mol. The first kappa shape index (κ1) is 15.4. The summed E-state index contributed by atoms with van der Waals surface area (Å²) < 4.78 is 26.6. The van der Waals surface area contributed by atoms with Crippen LogP contribution in [0.25, 0.3) is 0 Å². The molecule has 2 nitrogen and oxygen atoms in total. The summed E-state index contributed by atoms with van der Waals surface area (Å²) in [5.41, 5.74) is 0.0993. The first-order chi connectivity index (χ1) is 9.58. The van der Waals surface area contributed by atoms with Gasteiger partial charge in [-0.15, -0.1) is 0 Å². The molecule has 1 N–H and O–H groups in total. The van der Waals surface area contributed by atoms with E-state index in [4.69, 9.17) is 0 Å². The molecule has 1 aliphatic rings. The van der Waals surface area contributed by atoms with Crippen LogP contribution in [0.3, 0.4) is 0 Å². The molecule has 0 radical (unpaired) electrons. The molecule has 1 fully saturated rings. The largest absolute Gasteiger partial charge is 0.352 e. The Morgan fingerprint density at radius 1 is 1.25 bits per heavy atom. The van der Waals surface area contributed by atoms with Crippen LogP contribution in [0.15, 0.2) is 18.2 Å². The third kappa shape index (κ3) is 4.01. The molecule has 5 heteroatoms. The maximum atomic E-state index is 13.5.